The fourth-order valence-corrected chi connectivity index (χ4v) is 5.22. The van der Waals surface area contributed by atoms with Gasteiger partial charge in [-0.1, -0.05) is 23.7 Å². The zero-order chi connectivity index (χ0) is 26.8. The van der Waals surface area contributed by atoms with Crippen LogP contribution in [-0.4, -0.2) is 31.1 Å². The third kappa shape index (κ3) is 4.89. The smallest absolute Gasteiger partial charge is 0.335 e. The van der Waals surface area contributed by atoms with Gasteiger partial charge in [-0.05, 0) is 61.9 Å². The average molecular weight is 537 g/mol. The Morgan fingerprint density at radius 3 is 2.66 bits per heavy atom. The standard InChI is InChI=1S/C27H23ClF2N6O2/c28-18-12-20(23(24(29)30)33-14-18)26(37)34-19-9-7-16(8-10-19)15-35-22-6-3-11-32-25(22)36(27(35)38)21-5-2-1-4-17(21)13-31/h1-6,11-12,14,16,19,24H,7-10,15H2,(H,34,37). The largest absolute Gasteiger partial charge is 0.349 e. The summed E-state index contributed by atoms with van der Waals surface area (Å²) in [6, 6.07) is 13.7. The van der Waals surface area contributed by atoms with E-state index in [2.05, 4.69) is 21.4 Å². The molecule has 1 fully saturated rings. The lowest BCUT2D eigenvalue weighted by molar-refractivity contribution is 0.0904. The minimum Gasteiger partial charge on any atom is -0.349 e. The van der Waals surface area contributed by atoms with Crippen molar-refractivity contribution in [2.75, 3.05) is 0 Å². The van der Waals surface area contributed by atoms with Gasteiger partial charge in [0.25, 0.3) is 12.3 Å². The number of benzene rings is 1. The molecule has 1 N–H and O–H groups in total. The average Bonchev–Trinajstić information content (AvgIpc) is 3.20. The first kappa shape index (κ1) is 25.5. The summed E-state index contributed by atoms with van der Waals surface area (Å²) in [7, 11) is 0. The summed E-state index contributed by atoms with van der Waals surface area (Å²) in [5, 5.41) is 12.5. The fraction of sp³-hybridized carbons (Fsp3) is 0.296. The van der Waals surface area contributed by atoms with Crippen LogP contribution in [0.5, 0.6) is 0 Å². The summed E-state index contributed by atoms with van der Waals surface area (Å²) < 4.78 is 29.8. The van der Waals surface area contributed by atoms with Crippen LogP contribution >= 0.6 is 11.6 Å². The molecule has 0 spiro atoms. The van der Waals surface area contributed by atoms with Crippen LogP contribution in [0.3, 0.4) is 0 Å². The van der Waals surface area contributed by atoms with Crippen LogP contribution in [0, 0.1) is 17.2 Å². The van der Waals surface area contributed by atoms with Crippen LogP contribution in [0.15, 0.2) is 59.7 Å². The number of aromatic nitrogens is 4. The Morgan fingerprint density at radius 2 is 1.92 bits per heavy atom. The summed E-state index contributed by atoms with van der Waals surface area (Å²) in [6.07, 6.45) is 2.55. The van der Waals surface area contributed by atoms with Crippen LogP contribution in [-0.2, 0) is 6.54 Å². The topological polar surface area (TPSA) is 106 Å². The highest BCUT2D eigenvalue weighted by Crippen LogP contribution is 2.29. The van der Waals surface area contributed by atoms with E-state index in [4.69, 9.17) is 11.6 Å². The normalized spacial score (nSPS) is 17.4. The van der Waals surface area contributed by atoms with Crippen LogP contribution in [0.4, 0.5) is 8.78 Å². The number of hydrogen-bond donors (Lipinski definition) is 1. The Hall–Kier alpha value is -4.10. The van der Waals surface area contributed by atoms with E-state index in [0.29, 0.717) is 41.8 Å². The predicted molar refractivity (Wildman–Crippen MR) is 137 cm³/mol. The molecule has 11 heteroatoms. The van der Waals surface area contributed by atoms with E-state index >= 15 is 0 Å². The molecule has 0 atom stereocenters. The Kier molecular flexibility index (Phi) is 7.20. The molecule has 0 radical (unpaired) electrons. The maximum atomic E-state index is 13.6. The lowest BCUT2D eigenvalue weighted by atomic mass is 9.85. The van der Waals surface area contributed by atoms with Crippen molar-refractivity contribution in [2.45, 2.75) is 44.7 Å². The van der Waals surface area contributed by atoms with E-state index in [1.54, 1.807) is 41.1 Å². The zero-order valence-electron chi connectivity index (χ0n) is 20.2. The molecule has 38 heavy (non-hydrogen) atoms. The van der Waals surface area contributed by atoms with Gasteiger partial charge in [0.15, 0.2) is 5.65 Å². The van der Waals surface area contributed by atoms with Crippen LogP contribution in [0.25, 0.3) is 16.9 Å². The maximum absolute atomic E-state index is 13.6. The van der Waals surface area contributed by atoms with Crippen molar-refractivity contribution in [3.8, 4) is 11.8 Å². The molecule has 194 valence electrons. The molecule has 1 aliphatic rings. The van der Waals surface area contributed by atoms with Gasteiger partial charge in [-0.15, -0.1) is 0 Å². The predicted octanol–water partition coefficient (Wildman–Crippen LogP) is 5.03. The number of alkyl halides is 2. The molecular weight excluding hydrogens is 514 g/mol. The number of imidazole rings is 1. The first-order valence-electron chi connectivity index (χ1n) is 12.2. The zero-order valence-corrected chi connectivity index (χ0v) is 20.9. The van der Waals surface area contributed by atoms with Gasteiger partial charge in [0.2, 0.25) is 0 Å². The van der Waals surface area contributed by atoms with Gasteiger partial charge >= 0.3 is 5.69 Å². The third-order valence-electron chi connectivity index (χ3n) is 6.92. The summed E-state index contributed by atoms with van der Waals surface area (Å²) in [4.78, 5) is 34.3. The highest BCUT2D eigenvalue weighted by molar-refractivity contribution is 6.30. The number of amides is 1. The van der Waals surface area contributed by atoms with E-state index in [1.807, 2.05) is 6.07 Å². The highest BCUT2D eigenvalue weighted by Gasteiger charge is 2.27. The molecule has 4 aromatic rings. The molecule has 3 heterocycles. The van der Waals surface area contributed by atoms with Crippen LogP contribution in [0.1, 0.15) is 53.7 Å². The van der Waals surface area contributed by atoms with Crippen molar-refractivity contribution >= 4 is 28.7 Å². The SMILES string of the molecule is N#Cc1ccccc1-n1c(=O)n(CC2CCC(NC(=O)c3cc(Cl)cnc3C(F)F)CC2)c2cccnc21. The number of fused-ring (bicyclic) bond motifs is 1. The lowest BCUT2D eigenvalue weighted by Crippen LogP contribution is -2.39. The lowest BCUT2D eigenvalue weighted by Gasteiger charge is -2.29. The molecule has 3 aromatic heterocycles. The van der Waals surface area contributed by atoms with E-state index in [9.17, 15) is 23.6 Å². The maximum Gasteiger partial charge on any atom is 0.335 e. The second-order valence-corrected chi connectivity index (χ2v) is 9.72. The molecule has 0 aliphatic heterocycles. The number of nitriles is 1. The van der Waals surface area contributed by atoms with Crippen LogP contribution < -0.4 is 11.0 Å². The first-order chi connectivity index (χ1) is 18.4. The van der Waals surface area contributed by atoms with Crippen LogP contribution in [0.2, 0.25) is 5.02 Å². The quantitative estimate of drug-likeness (QED) is 0.372. The van der Waals surface area contributed by atoms with Gasteiger partial charge in [-0.2, -0.15) is 5.26 Å². The molecular formula is C27H23ClF2N6O2. The number of para-hydroxylation sites is 1. The number of rotatable bonds is 6. The number of nitrogens with zero attached hydrogens (tertiary/aromatic N) is 5. The third-order valence-corrected chi connectivity index (χ3v) is 7.12. The first-order valence-corrected chi connectivity index (χ1v) is 12.6. The summed E-state index contributed by atoms with van der Waals surface area (Å²) in [5.41, 5.74) is 0.916. The van der Waals surface area contributed by atoms with E-state index in [0.717, 1.165) is 19.0 Å². The number of halogens is 3. The molecule has 5 rings (SSSR count). The Bertz CT molecular complexity index is 1600. The molecule has 1 amide bonds. The fourth-order valence-electron chi connectivity index (χ4n) is 5.06. The van der Waals surface area contributed by atoms with Crippen molar-refractivity contribution in [3.63, 3.8) is 0 Å². The second-order valence-electron chi connectivity index (χ2n) is 9.28. The molecule has 0 saturated heterocycles. The van der Waals surface area contributed by atoms with Gasteiger partial charge in [0, 0.05) is 25.0 Å². The molecule has 0 unspecified atom stereocenters. The van der Waals surface area contributed by atoms with Crippen molar-refractivity contribution in [1.29, 1.82) is 5.26 Å². The summed E-state index contributed by atoms with van der Waals surface area (Å²) in [5.74, 6) is -0.462. The second kappa shape index (κ2) is 10.7. The van der Waals surface area contributed by atoms with Crippen molar-refractivity contribution in [1.82, 2.24) is 24.4 Å². The Balaban J connectivity index is 1.32. The minimum absolute atomic E-state index is 0.111. The molecule has 1 aromatic carbocycles. The summed E-state index contributed by atoms with van der Waals surface area (Å²) in [6.45, 7) is 0.456. The number of carbonyl (C=O) groups excluding carboxylic acids is 1. The highest BCUT2D eigenvalue weighted by atomic mass is 35.5. The van der Waals surface area contributed by atoms with Crippen molar-refractivity contribution in [3.05, 3.63) is 87.2 Å². The van der Waals surface area contributed by atoms with Crippen molar-refractivity contribution in [2.24, 2.45) is 5.92 Å². The van der Waals surface area contributed by atoms with Gasteiger partial charge in [0.1, 0.15) is 11.8 Å². The number of hydrogen-bond acceptors (Lipinski definition) is 5. The van der Waals surface area contributed by atoms with Gasteiger partial charge < -0.3 is 5.32 Å². The van der Waals surface area contributed by atoms with Crippen molar-refractivity contribution < 1.29 is 13.6 Å². The molecule has 1 saturated carbocycles. The summed E-state index contributed by atoms with van der Waals surface area (Å²) >= 11 is 5.88. The van der Waals surface area contributed by atoms with E-state index in [-0.39, 0.29) is 28.2 Å². The molecule has 0 bridgehead atoms. The minimum atomic E-state index is -2.89. The monoisotopic (exact) mass is 536 g/mol. The Labute approximate surface area is 221 Å². The van der Waals surface area contributed by atoms with Gasteiger partial charge in [0.05, 0.1) is 27.4 Å². The van der Waals surface area contributed by atoms with Gasteiger partial charge in [-0.25, -0.2) is 23.1 Å². The van der Waals surface area contributed by atoms with E-state index < -0.39 is 18.0 Å². The molecule has 1 aliphatic carbocycles. The van der Waals surface area contributed by atoms with Gasteiger partial charge in [-0.3, -0.25) is 14.3 Å². The number of carbonyl (C=O) groups is 1. The number of pyridine rings is 2. The van der Waals surface area contributed by atoms with E-state index in [1.165, 1.54) is 10.6 Å². The number of nitrogens with one attached hydrogen (secondary N) is 1. The Morgan fingerprint density at radius 1 is 1.16 bits per heavy atom. The molecule has 8 nitrogen and oxygen atoms in total.